The monoisotopic (exact) mass is 430 g/mol. The van der Waals surface area contributed by atoms with E-state index in [1.165, 1.54) is 22.3 Å². The van der Waals surface area contributed by atoms with Gasteiger partial charge in [0.2, 0.25) is 5.91 Å². The second-order valence-electron chi connectivity index (χ2n) is 7.67. The summed E-state index contributed by atoms with van der Waals surface area (Å²) in [5.41, 5.74) is 7.50. The maximum Gasteiger partial charge on any atom is 0.244 e. The summed E-state index contributed by atoms with van der Waals surface area (Å²) in [6.45, 7) is 6.52. The third-order valence-electron chi connectivity index (χ3n) is 5.30. The molecule has 0 atom stereocenters. The number of carbonyl (C=O) groups excluding carboxylic acids is 1. The number of nitrogens with zero attached hydrogens (tertiary/aromatic N) is 3. The van der Waals surface area contributed by atoms with Crippen molar-refractivity contribution in [2.45, 2.75) is 44.6 Å². The van der Waals surface area contributed by atoms with Crippen molar-refractivity contribution >= 4 is 34.4 Å². The molecule has 0 unspecified atom stereocenters. The number of nitrogens with one attached hydrogen (secondary N) is 1. The Labute approximate surface area is 186 Å². The van der Waals surface area contributed by atoms with Crippen LogP contribution in [0.3, 0.4) is 0 Å². The Morgan fingerprint density at radius 1 is 1.13 bits per heavy atom. The quantitative estimate of drug-likeness (QED) is 0.391. The molecule has 0 aliphatic heterocycles. The van der Waals surface area contributed by atoms with Gasteiger partial charge in [0.25, 0.3) is 0 Å². The number of anilines is 1. The lowest BCUT2D eigenvalue weighted by Crippen LogP contribution is -2.19. The Morgan fingerprint density at radius 2 is 2.00 bits per heavy atom. The van der Waals surface area contributed by atoms with Crippen LogP contribution < -0.4 is 5.32 Å². The standard InChI is InChI=1S/C25H26N4OS/c1-4-19-6-5-7-21(13-19)27-24(30)15-29-23-14-26-11-10-22(23)28-25(29)31-16-20-12-17(2)8-9-18(20)3/h5-14H,4,15-16H2,1-3H3,(H,27,30). The fourth-order valence-electron chi connectivity index (χ4n) is 3.52. The summed E-state index contributed by atoms with van der Waals surface area (Å²) in [7, 11) is 0. The first-order chi connectivity index (χ1) is 15.0. The van der Waals surface area contributed by atoms with E-state index in [1.54, 1.807) is 24.2 Å². The summed E-state index contributed by atoms with van der Waals surface area (Å²) < 4.78 is 1.96. The molecule has 0 aliphatic carbocycles. The van der Waals surface area contributed by atoms with Crippen LogP contribution in [-0.2, 0) is 23.5 Å². The number of fused-ring (bicyclic) bond motifs is 1. The Kier molecular flexibility index (Phi) is 6.37. The summed E-state index contributed by atoms with van der Waals surface area (Å²) in [5, 5.41) is 3.84. The predicted molar refractivity (Wildman–Crippen MR) is 127 cm³/mol. The minimum absolute atomic E-state index is 0.0787. The largest absolute Gasteiger partial charge is 0.325 e. The van der Waals surface area contributed by atoms with Gasteiger partial charge in [-0.05, 0) is 55.2 Å². The van der Waals surface area contributed by atoms with Crippen LogP contribution in [0, 0.1) is 13.8 Å². The summed E-state index contributed by atoms with van der Waals surface area (Å²) in [6.07, 6.45) is 4.44. The zero-order valence-electron chi connectivity index (χ0n) is 18.1. The number of hydrogen-bond donors (Lipinski definition) is 1. The van der Waals surface area contributed by atoms with E-state index in [0.29, 0.717) is 0 Å². The Bertz CT molecular complexity index is 1230. The van der Waals surface area contributed by atoms with Crippen molar-refractivity contribution in [1.29, 1.82) is 0 Å². The first-order valence-corrected chi connectivity index (χ1v) is 11.4. The molecule has 0 saturated carbocycles. The number of imidazole rings is 1. The molecule has 158 valence electrons. The van der Waals surface area contributed by atoms with Crippen molar-refractivity contribution in [3.05, 3.63) is 83.2 Å². The minimum Gasteiger partial charge on any atom is -0.325 e. The smallest absolute Gasteiger partial charge is 0.244 e. The third-order valence-corrected chi connectivity index (χ3v) is 6.32. The second kappa shape index (κ2) is 9.35. The van der Waals surface area contributed by atoms with Gasteiger partial charge in [-0.3, -0.25) is 9.78 Å². The van der Waals surface area contributed by atoms with Gasteiger partial charge in [0.1, 0.15) is 6.54 Å². The van der Waals surface area contributed by atoms with Crippen molar-refractivity contribution < 1.29 is 4.79 Å². The Balaban J connectivity index is 1.57. The molecule has 1 N–H and O–H groups in total. The lowest BCUT2D eigenvalue weighted by Gasteiger charge is -2.11. The maximum atomic E-state index is 12.9. The predicted octanol–water partition coefficient (Wildman–Crippen LogP) is 5.54. The van der Waals surface area contributed by atoms with E-state index in [9.17, 15) is 4.79 Å². The van der Waals surface area contributed by atoms with Crippen LogP contribution >= 0.6 is 11.8 Å². The number of amides is 1. The van der Waals surface area contributed by atoms with Crippen molar-refractivity contribution in [1.82, 2.24) is 14.5 Å². The van der Waals surface area contributed by atoms with Crippen molar-refractivity contribution in [2.75, 3.05) is 5.32 Å². The van der Waals surface area contributed by atoms with Crippen molar-refractivity contribution in [3.8, 4) is 0 Å². The molecule has 4 aromatic rings. The van der Waals surface area contributed by atoms with Gasteiger partial charge in [-0.25, -0.2) is 4.98 Å². The van der Waals surface area contributed by atoms with Gasteiger partial charge >= 0.3 is 0 Å². The molecule has 0 spiro atoms. The number of aryl methyl sites for hydroxylation is 3. The Morgan fingerprint density at radius 3 is 2.84 bits per heavy atom. The summed E-state index contributed by atoms with van der Waals surface area (Å²) >= 11 is 1.65. The fourth-order valence-corrected chi connectivity index (χ4v) is 4.60. The highest BCUT2D eigenvalue weighted by atomic mass is 32.2. The van der Waals surface area contributed by atoms with E-state index >= 15 is 0 Å². The van der Waals surface area contributed by atoms with Crippen LogP contribution in [0.5, 0.6) is 0 Å². The normalized spacial score (nSPS) is 11.1. The molecule has 0 saturated heterocycles. The molecule has 5 nitrogen and oxygen atoms in total. The van der Waals surface area contributed by atoms with E-state index in [0.717, 1.165) is 34.1 Å². The molecule has 0 bridgehead atoms. The molecule has 2 heterocycles. The number of pyridine rings is 1. The molecular formula is C25H26N4OS. The lowest BCUT2D eigenvalue weighted by molar-refractivity contribution is -0.116. The molecule has 1 amide bonds. The molecule has 0 radical (unpaired) electrons. The van der Waals surface area contributed by atoms with Gasteiger partial charge < -0.3 is 9.88 Å². The average Bonchev–Trinajstić information content (AvgIpc) is 3.11. The van der Waals surface area contributed by atoms with Crippen LogP contribution in [0.4, 0.5) is 5.69 Å². The number of carbonyl (C=O) groups is 1. The molecule has 2 aromatic heterocycles. The zero-order chi connectivity index (χ0) is 21.8. The van der Waals surface area contributed by atoms with Gasteiger partial charge in [0.05, 0.1) is 17.2 Å². The molecule has 6 heteroatoms. The fraction of sp³-hybridized carbons (Fsp3) is 0.240. The molecule has 0 aliphatic rings. The number of thioether (sulfide) groups is 1. The van der Waals surface area contributed by atoms with Gasteiger partial charge in [-0.1, -0.05) is 54.6 Å². The van der Waals surface area contributed by atoms with Gasteiger partial charge in [-0.15, -0.1) is 0 Å². The molecule has 4 rings (SSSR count). The Hall–Kier alpha value is -3.12. The topological polar surface area (TPSA) is 59.8 Å². The lowest BCUT2D eigenvalue weighted by atomic mass is 10.1. The summed E-state index contributed by atoms with van der Waals surface area (Å²) in [6, 6.07) is 16.3. The SMILES string of the molecule is CCc1cccc(NC(=O)Cn2c(SCc3cc(C)ccc3C)nc3ccncc32)c1. The highest BCUT2D eigenvalue weighted by Gasteiger charge is 2.15. The van der Waals surface area contributed by atoms with Crippen LogP contribution in [0.1, 0.15) is 29.2 Å². The first-order valence-electron chi connectivity index (χ1n) is 10.4. The third kappa shape index (κ3) is 4.97. The van der Waals surface area contributed by atoms with Crippen molar-refractivity contribution in [3.63, 3.8) is 0 Å². The van der Waals surface area contributed by atoms with E-state index in [4.69, 9.17) is 4.98 Å². The highest BCUT2D eigenvalue weighted by molar-refractivity contribution is 7.98. The van der Waals surface area contributed by atoms with Gasteiger partial charge in [0.15, 0.2) is 5.16 Å². The number of benzene rings is 2. The van der Waals surface area contributed by atoms with E-state index in [-0.39, 0.29) is 12.5 Å². The maximum absolute atomic E-state index is 12.9. The highest BCUT2D eigenvalue weighted by Crippen LogP contribution is 2.28. The zero-order valence-corrected chi connectivity index (χ0v) is 18.9. The van der Waals surface area contributed by atoms with Gasteiger partial charge in [-0.2, -0.15) is 0 Å². The van der Waals surface area contributed by atoms with E-state index < -0.39 is 0 Å². The van der Waals surface area contributed by atoms with Crippen LogP contribution in [0.15, 0.2) is 66.1 Å². The number of rotatable bonds is 7. The minimum atomic E-state index is -0.0787. The molecule has 2 aromatic carbocycles. The summed E-state index contributed by atoms with van der Waals surface area (Å²) in [4.78, 5) is 21.9. The number of aromatic nitrogens is 3. The number of hydrogen-bond acceptors (Lipinski definition) is 4. The van der Waals surface area contributed by atoms with E-state index in [1.807, 2.05) is 28.8 Å². The molecular weight excluding hydrogens is 404 g/mol. The average molecular weight is 431 g/mol. The first kappa shape index (κ1) is 21.1. The van der Waals surface area contributed by atoms with Gasteiger partial charge in [0, 0.05) is 17.6 Å². The van der Waals surface area contributed by atoms with Crippen LogP contribution in [-0.4, -0.2) is 20.4 Å². The van der Waals surface area contributed by atoms with E-state index in [2.05, 4.69) is 55.3 Å². The van der Waals surface area contributed by atoms with Crippen LogP contribution in [0.25, 0.3) is 11.0 Å². The molecule has 0 fully saturated rings. The summed E-state index contributed by atoms with van der Waals surface area (Å²) in [5.74, 6) is 0.717. The second-order valence-corrected chi connectivity index (χ2v) is 8.61. The molecule has 31 heavy (non-hydrogen) atoms. The van der Waals surface area contributed by atoms with Crippen molar-refractivity contribution in [2.24, 2.45) is 0 Å². The van der Waals surface area contributed by atoms with Crippen LogP contribution in [0.2, 0.25) is 0 Å².